The van der Waals surface area contributed by atoms with E-state index in [0.29, 0.717) is 17.9 Å². The Morgan fingerprint density at radius 3 is 2.56 bits per heavy atom. The van der Waals surface area contributed by atoms with Crippen LogP contribution in [0, 0.1) is 0 Å². The summed E-state index contributed by atoms with van der Waals surface area (Å²) >= 11 is 0. The summed E-state index contributed by atoms with van der Waals surface area (Å²) < 4.78 is 5.62. The molecule has 0 saturated carbocycles. The minimum atomic E-state index is -0.205. The number of benzene rings is 2. The van der Waals surface area contributed by atoms with Crippen LogP contribution in [0.3, 0.4) is 0 Å². The van der Waals surface area contributed by atoms with Crippen molar-refractivity contribution in [3.8, 4) is 5.75 Å². The van der Waals surface area contributed by atoms with Crippen molar-refractivity contribution < 1.29 is 9.53 Å². The maximum Gasteiger partial charge on any atom is 0.255 e. The van der Waals surface area contributed by atoms with Crippen LogP contribution in [-0.4, -0.2) is 17.5 Å². The zero-order valence-corrected chi connectivity index (χ0v) is 15.7. The number of H-pyrrole nitrogens is 1. The van der Waals surface area contributed by atoms with Gasteiger partial charge in [-0.3, -0.25) is 9.59 Å². The second kappa shape index (κ2) is 8.54. The van der Waals surface area contributed by atoms with Crippen LogP contribution in [0.1, 0.15) is 42.6 Å². The third-order valence-electron chi connectivity index (χ3n) is 4.45. The van der Waals surface area contributed by atoms with Gasteiger partial charge in [-0.15, -0.1) is 0 Å². The molecule has 5 heteroatoms. The average Bonchev–Trinajstić information content (AvgIpc) is 2.67. The first-order valence-electron chi connectivity index (χ1n) is 9.31. The van der Waals surface area contributed by atoms with Crippen LogP contribution in [0.15, 0.2) is 53.3 Å². The van der Waals surface area contributed by atoms with Crippen molar-refractivity contribution in [3.05, 3.63) is 70.0 Å². The molecule has 2 N–H and O–H groups in total. The summed E-state index contributed by atoms with van der Waals surface area (Å²) in [5.41, 5.74) is 2.76. The number of carbonyl (C=O) groups excluding carboxylic acids is 1. The largest absolute Gasteiger partial charge is 0.494 e. The van der Waals surface area contributed by atoms with Gasteiger partial charge in [0.05, 0.1) is 12.1 Å². The molecule has 0 aliphatic heterocycles. The lowest BCUT2D eigenvalue weighted by Gasteiger charge is -2.09. The number of aromatic nitrogens is 1. The highest BCUT2D eigenvalue weighted by molar-refractivity contribution is 6.05. The number of ether oxygens (including phenoxy) is 1. The summed E-state index contributed by atoms with van der Waals surface area (Å²) in [4.78, 5) is 27.1. The maximum atomic E-state index is 12.5. The normalized spacial score (nSPS) is 10.7. The minimum absolute atomic E-state index is 0.138. The van der Waals surface area contributed by atoms with E-state index in [0.717, 1.165) is 41.5 Å². The highest BCUT2D eigenvalue weighted by Crippen LogP contribution is 2.21. The van der Waals surface area contributed by atoms with E-state index in [4.69, 9.17) is 4.74 Å². The Kier molecular flexibility index (Phi) is 5.91. The van der Waals surface area contributed by atoms with Crippen LogP contribution in [-0.2, 0) is 6.42 Å². The third kappa shape index (κ3) is 4.56. The Labute approximate surface area is 158 Å². The number of aromatic amines is 1. The van der Waals surface area contributed by atoms with Gasteiger partial charge in [-0.25, -0.2) is 0 Å². The number of unbranched alkanes of at least 4 members (excludes halogenated alkanes) is 1. The molecular formula is C22H24N2O3. The number of hydrogen-bond donors (Lipinski definition) is 2. The SMILES string of the molecule is CCCCOc1ccc(C(=O)Nc2ccc3c(CC)cc(=O)[nH]c3c2)cc1. The first kappa shape index (κ1) is 18.7. The van der Waals surface area contributed by atoms with E-state index in [2.05, 4.69) is 17.2 Å². The average molecular weight is 364 g/mol. The number of hydrogen-bond acceptors (Lipinski definition) is 3. The van der Waals surface area contributed by atoms with Gasteiger partial charge < -0.3 is 15.0 Å². The minimum Gasteiger partial charge on any atom is -0.494 e. The molecule has 5 nitrogen and oxygen atoms in total. The fraction of sp³-hybridized carbons (Fsp3) is 0.273. The zero-order chi connectivity index (χ0) is 19.2. The molecule has 1 aromatic heterocycles. The highest BCUT2D eigenvalue weighted by Gasteiger charge is 2.08. The van der Waals surface area contributed by atoms with E-state index in [1.165, 1.54) is 0 Å². The van der Waals surface area contributed by atoms with Gasteiger partial charge in [0.1, 0.15) is 5.75 Å². The van der Waals surface area contributed by atoms with Gasteiger partial charge in [-0.05, 0) is 54.8 Å². The number of rotatable bonds is 7. The zero-order valence-electron chi connectivity index (χ0n) is 15.7. The predicted molar refractivity (Wildman–Crippen MR) is 109 cm³/mol. The molecular weight excluding hydrogens is 340 g/mol. The number of pyridine rings is 1. The van der Waals surface area contributed by atoms with Crippen LogP contribution < -0.4 is 15.6 Å². The predicted octanol–water partition coefficient (Wildman–Crippen LogP) is 4.52. The molecule has 0 aliphatic carbocycles. The molecule has 140 valence electrons. The molecule has 3 rings (SSSR count). The summed E-state index contributed by atoms with van der Waals surface area (Å²) in [7, 11) is 0. The van der Waals surface area contributed by atoms with E-state index in [9.17, 15) is 9.59 Å². The Morgan fingerprint density at radius 1 is 1.07 bits per heavy atom. The second-order valence-corrected chi connectivity index (χ2v) is 6.45. The molecule has 3 aromatic rings. The van der Waals surface area contributed by atoms with Crippen LogP contribution in [0.25, 0.3) is 10.9 Å². The molecule has 0 spiro atoms. The second-order valence-electron chi connectivity index (χ2n) is 6.45. The van der Waals surface area contributed by atoms with E-state index in [1.54, 1.807) is 36.4 Å². The monoisotopic (exact) mass is 364 g/mol. The molecule has 0 atom stereocenters. The van der Waals surface area contributed by atoms with Gasteiger partial charge in [0.15, 0.2) is 0 Å². The number of amides is 1. The van der Waals surface area contributed by atoms with E-state index in [1.807, 2.05) is 19.1 Å². The topological polar surface area (TPSA) is 71.2 Å². The van der Waals surface area contributed by atoms with Gasteiger partial charge in [0.25, 0.3) is 5.91 Å². The van der Waals surface area contributed by atoms with Crippen LogP contribution in [0.2, 0.25) is 0 Å². The highest BCUT2D eigenvalue weighted by atomic mass is 16.5. The number of nitrogens with one attached hydrogen (secondary N) is 2. The molecule has 2 aromatic carbocycles. The Hall–Kier alpha value is -3.08. The van der Waals surface area contributed by atoms with E-state index >= 15 is 0 Å². The molecule has 0 bridgehead atoms. The van der Waals surface area contributed by atoms with Crippen molar-refractivity contribution >= 4 is 22.5 Å². The summed E-state index contributed by atoms with van der Waals surface area (Å²) in [6.45, 7) is 4.80. The van der Waals surface area contributed by atoms with E-state index < -0.39 is 0 Å². The lowest BCUT2D eigenvalue weighted by atomic mass is 10.1. The molecule has 0 fully saturated rings. The molecule has 1 amide bonds. The quantitative estimate of drug-likeness (QED) is 0.606. The van der Waals surface area contributed by atoms with Crippen molar-refractivity contribution in [2.24, 2.45) is 0 Å². The smallest absolute Gasteiger partial charge is 0.255 e. The summed E-state index contributed by atoms with van der Waals surface area (Å²) in [5.74, 6) is 0.554. The van der Waals surface area contributed by atoms with Gasteiger partial charge >= 0.3 is 0 Å². The van der Waals surface area contributed by atoms with Gasteiger partial charge in [-0.2, -0.15) is 0 Å². The number of anilines is 1. The Morgan fingerprint density at radius 2 is 1.85 bits per heavy atom. The third-order valence-corrected chi connectivity index (χ3v) is 4.45. The summed E-state index contributed by atoms with van der Waals surface area (Å²) in [6.07, 6.45) is 2.86. The Bertz CT molecular complexity index is 991. The van der Waals surface area contributed by atoms with E-state index in [-0.39, 0.29) is 11.5 Å². The molecule has 0 saturated heterocycles. The molecule has 27 heavy (non-hydrogen) atoms. The lowest BCUT2D eigenvalue weighted by molar-refractivity contribution is 0.102. The van der Waals surface area contributed by atoms with Crippen LogP contribution in [0.4, 0.5) is 5.69 Å². The number of carbonyl (C=O) groups is 1. The summed E-state index contributed by atoms with van der Waals surface area (Å²) in [5, 5.41) is 3.87. The number of aryl methyl sites for hydroxylation is 1. The summed E-state index contributed by atoms with van der Waals surface area (Å²) in [6, 6.07) is 14.3. The molecule has 0 unspecified atom stereocenters. The fourth-order valence-corrected chi connectivity index (χ4v) is 2.94. The van der Waals surface area contributed by atoms with Crippen molar-refractivity contribution in [2.75, 3.05) is 11.9 Å². The van der Waals surface area contributed by atoms with Crippen molar-refractivity contribution in [3.63, 3.8) is 0 Å². The van der Waals surface area contributed by atoms with Gasteiger partial charge in [-0.1, -0.05) is 26.3 Å². The first-order chi connectivity index (χ1) is 13.1. The fourth-order valence-electron chi connectivity index (χ4n) is 2.94. The Balaban J connectivity index is 1.74. The number of fused-ring (bicyclic) bond motifs is 1. The maximum absolute atomic E-state index is 12.5. The van der Waals surface area contributed by atoms with Crippen molar-refractivity contribution in [1.82, 2.24) is 4.98 Å². The van der Waals surface area contributed by atoms with Gasteiger partial charge in [0.2, 0.25) is 5.56 Å². The van der Waals surface area contributed by atoms with Crippen LogP contribution in [0.5, 0.6) is 5.75 Å². The first-order valence-corrected chi connectivity index (χ1v) is 9.31. The standard InChI is InChI=1S/C22H24N2O3/c1-3-5-12-27-18-9-6-16(7-10-18)22(26)23-17-8-11-19-15(4-2)13-21(25)24-20(19)14-17/h6-11,13-14H,3-5,12H2,1-2H3,(H,23,26)(H,24,25). The van der Waals surface area contributed by atoms with Crippen LogP contribution >= 0.6 is 0 Å². The van der Waals surface area contributed by atoms with Crippen molar-refractivity contribution in [2.45, 2.75) is 33.1 Å². The molecule has 0 aliphatic rings. The lowest BCUT2D eigenvalue weighted by Crippen LogP contribution is -2.12. The molecule has 0 radical (unpaired) electrons. The molecule has 1 heterocycles. The van der Waals surface area contributed by atoms with Gasteiger partial charge in [0, 0.05) is 22.7 Å². The van der Waals surface area contributed by atoms with Crippen molar-refractivity contribution in [1.29, 1.82) is 0 Å².